The Bertz CT molecular complexity index is 355. The standard InChI is InChI=1S/C15H25N3/c1-4-11-17-15(16-3)18-12-10-14-8-6-13(5-2)7-9-14/h6-9H,4-5,10-12H2,1-3H3,(H2,16,17,18). The van der Waals surface area contributed by atoms with Gasteiger partial charge in [0.25, 0.3) is 0 Å². The molecule has 0 aliphatic heterocycles. The van der Waals surface area contributed by atoms with Gasteiger partial charge in [-0.25, -0.2) is 0 Å². The zero-order chi connectivity index (χ0) is 13.2. The van der Waals surface area contributed by atoms with Gasteiger partial charge in [0.15, 0.2) is 5.96 Å². The summed E-state index contributed by atoms with van der Waals surface area (Å²) in [5, 5.41) is 6.58. The van der Waals surface area contributed by atoms with Crippen molar-refractivity contribution in [2.75, 3.05) is 20.1 Å². The fourth-order valence-corrected chi connectivity index (χ4v) is 1.73. The number of guanidine groups is 1. The summed E-state index contributed by atoms with van der Waals surface area (Å²) >= 11 is 0. The van der Waals surface area contributed by atoms with Crippen LogP contribution in [0.1, 0.15) is 31.4 Å². The maximum absolute atomic E-state index is 4.18. The molecule has 3 nitrogen and oxygen atoms in total. The number of rotatable bonds is 6. The predicted molar refractivity (Wildman–Crippen MR) is 79.2 cm³/mol. The van der Waals surface area contributed by atoms with Crippen LogP contribution in [0.15, 0.2) is 29.3 Å². The normalized spacial score (nSPS) is 11.4. The molecule has 100 valence electrons. The number of hydrogen-bond acceptors (Lipinski definition) is 1. The van der Waals surface area contributed by atoms with Crippen LogP contribution < -0.4 is 10.6 Å². The van der Waals surface area contributed by atoms with Gasteiger partial charge in [-0.1, -0.05) is 38.1 Å². The van der Waals surface area contributed by atoms with E-state index in [2.05, 4.69) is 53.7 Å². The van der Waals surface area contributed by atoms with E-state index in [4.69, 9.17) is 0 Å². The molecule has 1 aromatic carbocycles. The monoisotopic (exact) mass is 247 g/mol. The second-order valence-corrected chi connectivity index (χ2v) is 4.35. The van der Waals surface area contributed by atoms with Crippen LogP contribution in [0, 0.1) is 0 Å². The quantitative estimate of drug-likeness (QED) is 0.598. The fourth-order valence-electron chi connectivity index (χ4n) is 1.73. The van der Waals surface area contributed by atoms with Crippen molar-refractivity contribution < 1.29 is 0 Å². The molecule has 0 bridgehead atoms. The lowest BCUT2D eigenvalue weighted by Gasteiger charge is -2.11. The molecule has 0 amide bonds. The number of nitrogens with zero attached hydrogens (tertiary/aromatic N) is 1. The van der Waals surface area contributed by atoms with E-state index in [-0.39, 0.29) is 0 Å². The molecule has 0 heterocycles. The van der Waals surface area contributed by atoms with Gasteiger partial charge in [0, 0.05) is 20.1 Å². The highest BCUT2D eigenvalue weighted by molar-refractivity contribution is 5.79. The third kappa shape index (κ3) is 5.21. The predicted octanol–water partition coefficient (Wildman–Crippen LogP) is 2.37. The first kappa shape index (κ1) is 14.6. The summed E-state index contributed by atoms with van der Waals surface area (Å²) in [6, 6.07) is 8.84. The van der Waals surface area contributed by atoms with Crippen molar-refractivity contribution in [3.8, 4) is 0 Å². The Morgan fingerprint density at radius 1 is 1.00 bits per heavy atom. The highest BCUT2D eigenvalue weighted by Gasteiger charge is 1.97. The number of nitrogens with one attached hydrogen (secondary N) is 2. The van der Waals surface area contributed by atoms with Crippen LogP contribution >= 0.6 is 0 Å². The Kier molecular flexibility index (Phi) is 6.92. The van der Waals surface area contributed by atoms with Gasteiger partial charge in [0.05, 0.1) is 0 Å². The lowest BCUT2D eigenvalue weighted by molar-refractivity contribution is 0.773. The Morgan fingerprint density at radius 3 is 2.17 bits per heavy atom. The van der Waals surface area contributed by atoms with Crippen molar-refractivity contribution in [3.05, 3.63) is 35.4 Å². The Balaban J connectivity index is 2.31. The van der Waals surface area contributed by atoms with Crippen molar-refractivity contribution in [2.24, 2.45) is 4.99 Å². The smallest absolute Gasteiger partial charge is 0.190 e. The first-order valence-corrected chi connectivity index (χ1v) is 6.82. The molecule has 0 radical (unpaired) electrons. The van der Waals surface area contributed by atoms with Gasteiger partial charge in [-0.15, -0.1) is 0 Å². The molecule has 1 rings (SSSR count). The first-order chi connectivity index (χ1) is 8.80. The Hall–Kier alpha value is -1.51. The maximum atomic E-state index is 4.18. The van der Waals surface area contributed by atoms with E-state index < -0.39 is 0 Å². The van der Waals surface area contributed by atoms with Crippen molar-refractivity contribution in [2.45, 2.75) is 33.1 Å². The van der Waals surface area contributed by atoms with Crippen LogP contribution in [0.3, 0.4) is 0 Å². The summed E-state index contributed by atoms with van der Waals surface area (Å²) in [6.07, 6.45) is 3.24. The summed E-state index contributed by atoms with van der Waals surface area (Å²) in [5.74, 6) is 0.891. The van der Waals surface area contributed by atoms with E-state index in [1.54, 1.807) is 7.05 Å². The molecule has 2 N–H and O–H groups in total. The van der Waals surface area contributed by atoms with E-state index in [9.17, 15) is 0 Å². The lowest BCUT2D eigenvalue weighted by atomic mass is 10.1. The van der Waals surface area contributed by atoms with Gasteiger partial charge in [0.2, 0.25) is 0 Å². The largest absolute Gasteiger partial charge is 0.356 e. The summed E-state index contributed by atoms with van der Waals surface area (Å²) in [4.78, 5) is 4.18. The zero-order valence-corrected chi connectivity index (χ0v) is 11.8. The van der Waals surface area contributed by atoms with Crippen LogP contribution in [-0.2, 0) is 12.8 Å². The Labute approximate surface area is 111 Å². The van der Waals surface area contributed by atoms with E-state index in [0.29, 0.717) is 0 Å². The number of hydrogen-bond donors (Lipinski definition) is 2. The fraction of sp³-hybridized carbons (Fsp3) is 0.533. The molecule has 0 atom stereocenters. The summed E-state index contributed by atoms with van der Waals surface area (Å²) in [7, 11) is 1.81. The summed E-state index contributed by atoms with van der Waals surface area (Å²) in [5.41, 5.74) is 2.76. The average molecular weight is 247 g/mol. The van der Waals surface area contributed by atoms with Gasteiger partial charge in [-0.2, -0.15) is 0 Å². The average Bonchev–Trinajstić information content (AvgIpc) is 2.43. The van der Waals surface area contributed by atoms with E-state index in [0.717, 1.165) is 38.3 Å². The number of aliphatic imine (C=N–C) groups is 1. The molecule has 0 aromatic heterocycles. The van der Waals surface area contributed by atoms with Gasteiger partial charge >= 0.3 is 0 Å². The molecule has 0 aliphatic carbocycles. The lowest BCUT2D eigenvalue weighted by Crippen LogP contribution is -2.38. The molecular weight excluding hydrogens is 222 g/mol. The topological polar surface area (TPSA) is 36.4 Å². The van der Waals surface area contributed by atoms with E-state index in [1.165, 1.54) is 11.1 Å². The molecule has 3 heteroatoms. The highest BCUT2D eigenvalue weighted by atomic mass is 15.2. The van der Waals surface area contributed by atoms with Crippen LogP contribution in [0.5, 0.6) is 0 Å². The SMILES string of the molecule is CCCNC(=NC)NCCc1ccc(CC)cc1. The van der Waals surface area contributed by atoms with Gasteiger partial charge in [0.1, 0.15) is 0 Å². The summed E-state index contributed by atoms with van der Waals surface area (Å²) < 4.78 is 0. The van der Waals surface area contributed by atoms with Crippen molar-refractivity contribution >= 4 is 5.96 Å². The Morgan fingerprint density at radius 2 is 1.61 bits per heavy atom. The highest BCUT2D eigenvalue weighted by Crippen LogP contribution is 2.05. The minimum Gasteiger partial charge on any atom is -0.356 e. The van der Waals surface area contributed by atoms with E-state index >= 15 is 0 Å². The van der Waals surface area contributed by atoms with Gasteiger partial charge in [-0.05, 0) is 30.4 Å². The van der Waals surface area contributed by atoms with Crippen molar-refractivity contribution in [3.63, 3.8) is 0 Å². The van der Waals surface area contributed by atoms with Gasteiger partial charge < -0.3 is 10.6 Å². The van der Waals surface area contributed by atoms with Crippen LogP contribution in [0.25, 0.3) is 0 Å². The van der Waals surface area contributed by atoms with Crippen LogP contribution in [0.2, 0.25) is 0 Å². The molecule has 0 saturated carbocycles. The second kappa shape index (κ2) is 8.56. The molecule has 1 aromatic rings. The van der Waals surface area contributed by atoms with Crippen molar-refractivity contribution in [1.82, 2.24) is 10.6 Å². The molecule has 0 spiro atoms. The first-order valence-electron chi connectivity index (χ1n) is 6.82. The summed E-state index contributed by atoms with van der Waals surface area (Å²) in [6.45, 7) is 6.20. The molecule has 0 aliphatic rings. The van der Waals surface area contributed by atoms with Crippen LogP contribution in [-0.4, -0.2) is 26.1 Å². The molecular formula is C15H25N3. The van der Waals surface area contributed by atoms with Crippen molar-refractivity contribution in [1.29, 1.82) is 0 Å². The minimum atomic E-state index is 0.891. The maximum Gasteiger partial charge on any atom is 0.190 e. The number of aryl methyl sites for hydroxylation is 1. The van der Waals surface area contributed by atoms with E-state index in [1.807, 2.05) is 0 Å². The van der Waals surface area contributed by atoms with Crippen LogP contribution in [0.4, 0.5) is 0 Å². The number of benzene rings is 1. The minimum absolute atomic E-state index is 0.891. The zero-order valence-electron chi connectivity index (χ0n) is 11.8. The van der Waals surface area contributed by atoms with Gasteiger partial charge in [-0.3, -0.25) is 4.99 Å². The molecule has 0 saturated heterocycles. The third-order valence-corrected chi connectivity index (χ3v) is 2.90. The molecule has 0 fully saturated rings. The molecule has 18 heavy (non-hydrogen) atoms. The third-order valence-electron chi connectivity index (χ3n) is 2.90. The molecule has 0 unspecified atom stereocenters. The second-order valence-electron chi connectivity index (χ2n) is 4.35.